The minimum atomic E-state index is -2.51. The van der Waals surface area contributed by atoms with Crippen LogP contribution < -0.4 is 0 Å². The van der Waals surface area contributed by atoms with Crippen LogP contribution >= 0.6 is 0 Å². The van der Waals surface area contributed by atoms with Gasteiger partial charge < -0.3 is 4.11 Å². The van der Waals surface area contributed by atoms with Crippen molar-refractivity contribution >= 4 is 8.41 Å². The van der Waals surface area contributed by atoms with Gasteiger partial charge in [-0.2, -0.15) is 0 Å². The van der Waals surface area contributed by atoms with E-state index in [-0.39, 0.29) is 0 Å². The van der Waals surface area contributed by atoms with Crippen LogP contribution in [0.25, 0.3) is 0 Å². The Morgan fingerprint density at radius 3 is 2.08 bits per heavy atom. The third-order valence-corrected chi connectivity index (χ3v) is 5.29. The zero-order chi connectivity index (χ0) is 9.45. The van der Waals surface area contributed by atoms with Crippen molar-refractivity contribution in [2.75, 3.05) is 0 Å². The summed E-state index contributed by atoms with van der Waals surface area (Å²) in [4.78, 5) is 0. The van der Waals surface area contributed by atoms with Gasteiger partial charge in [0.1, 0.15) is 0 Å². The van der Waals surface area contributed by atoms with Crippen molar-refractivity contribution in [2.45, 2.75) is 37.9 Å². The van der Waals surface area contributed by atoms with Crippen LogP contribution in [0.15, 0.2) is 25.3 Å². The quantitative estimate of drug-likeness (QED) is 0.319. The van der Waals surface area contributed by atoms with Crippen molar-refractivity contribution in [3.05, 3.63) is 25.3 Å². The molecular weight excluding hydrogens is 167 g/mol. The predicted octanol–water partition coefficient (Wildman–Crippen LogP) is 4.07. The molecule has 0 aromatic rings. The zero-order valence-electron chi connectivity index (χ0n) is 7.98. The maximum Gasteiger partial charge on any atom is 0.254 e. The summed E-state index contributed by atoms with van der Waals surface area (Å²) in [5.74, 6) is 0. The molecule has 12 heavy (non-hydrogen) atoms. The Kier molecular flexibility index (Phi) is 5.99. The number of halogens is 1. The Morgan fingerprint density at radius 1 is 1.25 bits per heavy atom. The van der Waals surface area contributed by atoms with E-state index in [0.29, 0.717) is 12.1 Å². The molecule has 0 aromatic carbocycles. The summed E-state index contributed by atoms with van der Waals surface area (Å²) < 4.78 is 14.0. The van der Waals surface area contributed by atoms with Crippen molar-refractivity contribution in [3.63, 3.8) is 0 Å². The van der Waals surface area contributed by atoms with E-state index in [2.05, 4.69) is 20.1 Å². The van der Waals surface area contributed by atoms with Crippen LogP contribution in [0, 0.1) is 0 Å². The Balaban J connectivity index is 3.96. The van der Waals surface area contributed by atoms with Gasteiger partial charge in [0, 0.05) is 0 Å². The molecule has 0 unspecified atom stereocenters. The topological polar surface area (TPSA) is 0 Å². The summed E-state index contributed by atoms with van der Waals surface area (Å²) in [6.45, 7) is 9.29. The molecule has 0 bridgehead atoms. The maximum absolute atomic E-state index is 14.0. The molecule has 0 atom stereocenters. The number of hydrogen-bond acceptors (Lipinski definition) is 0. The van der Waals surface area contributed by atoms with Gasteiger partial charge in [-0.1, -0.05) is 31.9 Å². The standard InChI is InChI=1S/C10H19FSi/c1-4-7-10-12(11,8-5-2)9-6-3/h5-6H,2-4,7-10H2,1H3. The Hall–Kier alpha value is -0.373. The maximum atomic E-state index is 14.0. The monoisotopic (exact) mass is 186 g/mol. The Bertz CT molecular complexity index is 133. The van der Waals surface area contributed by atoms with Gasteiger partial charge in [-0.25, -0.2) is 0 Å². The van der Waals surface area contributed by atoms with Gasteiger partial charge in [0.05, 0.1) is 0 Å². The average molecular weight is 186 g/mol. The molecule has 0 aliphatic heterocycles. The molecule has 0 rings (SSSR count). The highest BCUT2D eigenvalue weighted by molar-refractivity contribution is 6.74. The van der Waals surface area contributed by atoms with E-state index < -0.39 is 8.41 Å². The fourth-order valence-electron chi connectivity index (χ4n) is 1.30. The second kappa shape index (κ2) is 6.18. The first kappa shape index (κ1) is 11.6. The molecule has 0 amide bonds. The third-order valence-electron chi connectivity index (χ3n) is 2.00. The molecule has 0 fully saturated rings. The highest BCUT2D eigenvalue weighted by Gasteiger charge is 2.29. The van der Waals surface area contributed by atoms with Crippen LogP contribution in [-0.4, -0.2) is 8.41 Å². The molecule has 0 saturated carbocycles. The minimum absolute atomic E-state index is 0.582. The van der Waals surface area contributed by atoms with Gasteiger partial charge in [0.2, 0.25) is 0 Å². The molecular formula is C10H19FSi. The largest absolute Gasteiger partial charge is 0.313 e. The lowest BCUT2D eigenvalue weighted by molar-refractivity contribution is 0.732. The minimum Gasteiger partial charge on any atom is -0.313 e. The lowest BCUT2D eigenvalue weighted by Gasteiger charge is -2.18. The summed E-state index contributed by atoms with van der Waals surface area (Å²) >= 11 is 0. The van der Waals surface area contributed by atoms with Crippen LogP contribution in [0.2, 0.25) is 18.1 Å². The van der Waals surface area contributed by atoms with Crippen LogP contribution in [0.1, 0.15) is 19.8 Å². The molecule has 0 aliphatic carbocycles. The predicted molar refractivity (Wildman–Crippen MR) is 56.6 cm³/mol. The first-order chi connectivity index (χ1) is 5.68. The molecule has 0 radical (unpaired) electrons. The lowest BCUT2D eigenvalue weighted by Crippen LogP contribution is -2.26. The zero-order valence-corrected chi connectivity index (χ0v) is 8.98. The van der Waals surface area contributed by atoms with Gasteiger partial charge in [-0.3, -0.25) is 0 Å². The summed E-state index contributed by atoms with van der Waals surface area (Å²) in [6, 6.07) is 1.93. The molecule has 0 aliphatic rings. The highest BCUT2D eigenvalue weighted by Crippen LogP contribution is 2.25. The second-order valence-corrected chi connectivity index (χ2v) is 6.86. The van der Waals surface area contributed by atoms with E-state index in [9.17, 15) is 4.11 Å². The fraction of sp³-hybridized carbons (Fsp3) is 0.600. The first-order valence-corrected chi connectivity index (χ1v) is 7.09. The van der Waals surface area contributed by atoms with E-state index in [0.717, 1.165) is 18.9 Å². The van der Waals surface area contributed by atoms with Crippen LogP contribution in [0.5, 0.6) is 0 Å². The third kappa shape index (κ3) is 4.49. The van der Waals surface area contributed by atoms with Crippen LogP contribution in [-0.2, 0) is 0 Å². The summed E-state index contributed by atoms with van der Waals surface area (Å²) in [5, 5.41) is 0. The second-order valence-electron chi connectivity index (χ2n) is 3.24. The molecule has 0 saturated heterocycles. The van der Waals surface area contributed by atoms with Crippen LogP contribution in [0.4, 0.5) is 4.11 Å². The van der Waals surface area contributed by atoms with Crippen molar-refractivity contribution in [2.24, 2.45) is 0 Å². The number of allylic oxidation sites excluding steroid dienone is 2. The van der Waals surface area contributed by atoms with E-state index in [1.54, 1.807) is 12.2 Å². The lowest BCUT2D eigenvalue weighted by atomic mass is 10.4. The smallest absolute Gasteiger partial charge is 0.254 e. The number of hydrogen-bond donors (Lipinski definition) is 0. The molecule has 0 aromatic heterocycles. The number of unbranched alkanes of at least 4 members (excludes halogenated alkanes) is 1. The molecule has 0 spiro atoms. The van der Waals surface area contributed by atoms with E-state index in [1.807, 2.05) is 0 Å². The van der Waals surface area contributed by atoms with Gasteiger partial charge in [0.15, 0.2) is 0 Å². The van der Waals surface area contributed by atoms with E-state index >= 15 is 0 Å². The Morgan fingerprint density at radius 2 is 1.75 bits per heavy atom. The molecule has 0 nitrogen and oxygen atoms in total. The highest BCUT2D eigenvalue weighted by atomic mass is 28.4. The number of rotatable bonds is 7. The normalized spacial score (nSPS) is 11.2. The fourth-order valence-corrected chi connectivity index (χ4v) is 3.90. The van der Waals surface area contributed by atoms with E-state index in [4.69, 9.17) is 0 Å². The molecule has 0 N–H and O–H groups in total. The van der Waals surface area contributed by atoms with Gasteiger partial charge >= 0.3 is 0 Å². The van der Waals surface area contributed by atoms with Crippen LogP contribution in [0.3, 0.4) is 0 Å². The van der Waals surface area contributed by atoms with Gasteiger partial charge in [-0.15, -0.1) is 13.2 Å². The summed E-state index contributed by atoms with van der Waals surface area (Å²) in [7, 11) is -2.51. The van der Waals surface area contributed by atoms with Crippen molar-refractivity contribution in [3.8, 4) is 0 Å². The SMILES string of the molecule is C=CC[Si](F)(CC=C)CCCC. The molecule has 0 heterocycles. The van der Waals surface area contributed by atoms with Gasteiger partial charge in [0.25, 0.3) is 8.41 Å². The Labute approximate surface area is 76.4 Å². The molecule has 70 valence electrons. The van der Waals surface area contributed by atoms with Gasteiger partial charge in [-0.05, 0) is 18.1 Å². The summed E-state index contributed by atoms with van der Waals surface area (Å²) in [5.41, 5.74) is 0. The van der Waals surface area contributed by atoms with Crippen molar-refractivity contribution < 1.29 is 4.11 Å². The van der Waals surface area contributed by atoms with Crippen molar-refractivity contribution in [1.29, 1.82) is 0 Å². The average Bonchev–Trinajstić information content (AvgIpc) is 2.02. The first-order valence-electron chi connectivity index (χ1n) is 4.59. The summed E-state index contributed by atoms with van der Waals surface area (Å²) in [6.07, 6.45) is 5.51. The van der Waals surface area contributed by atoms with Crippen molar-refractivity contribution in [1.82, 2.24) is 0 Å². The molecule has 2 heteroatoms. The van der Waals surface area contributed by atoms with E-state index in [1.165, 1.54) is 0 Å².